The molecular weight excluding hydrogens is 342 g/mol. The molecule has 3 fully saturated rings. The van der Waals surface area contributed by atoms with Crippen LogP contribution >= 0.6 is 11.3 Å². The molecule has 0 amide bonds. The molecule has 146 valence electrons. The number of hydrogen-bond donors (Lipinski definition) is 0. The van der Waals surface area contributed by atoms with E-state index in [1.54, 1.807) is 11.3 Å². The smallest absolute Gasteiger partial charge is 0.0897 e. The highest BCUT2D eigenvalue weighted by atomic mass is 32.1. The highest BCUT2D eigenvalue weighted by molar-refractivity contribution is 7.09. The van der Waals surface area contributed by atoms with Crippen molar-refractivity contribution < 1.29 is 4.74 Å². The van der Waals surface area contributed by atoms with Crippen LogP contribution in [-0.4, -0.2) is 61.2 Å². The summed E-state index contributed by atoms with van der Waals surface area (Å²) >= 11 is 1.77. The highest BCUT2D eigenvalue weighted by Gasteiger charge is 2.47. The molecule has 1 aromatic heterocycles. The van der Waals surface area contributed by atoms with Gasteiger partial charge in [-0.1, -0.05) is 12.8 Å². The average Bonchev–Trinajstić information content (AvgIpc) is 3.34. The van der Waals surface area contributed by atoms with Crippen LogP contribution in [0.3, 0.4) is 0 Å². The van der Waals surface area contributed by atoms with Gasteiger partial charge < -0.3 is 9.64 Å². The molecular formula is C21H35N3OS. The minimum absolute atomic E-state index is 0.466. The fourth-order valence-electron chi connectivity index (χ4n) is 5.71. The van der Waals surface area contributed by atoms with Crippen molar-refractivity contribution in [3.05, 3.63) is 16.1 Å². The average molecular weight is 378 g/mol. The number of aryl methyl sites for hydroxylation is 1. The van der Waals surface area contributed by atoms with Crippen molar-refractivity contribution in [2.75, 3.05) is 46.4 Å². The van der Waals surface area contributed by atoms with E-state index >= 15 is 0 Å². The molecule has 1 spiro atoms. The molecule has 1 saturated carbocycles. The second-order valence-electron chi connectivity index (χ2n) is 8.99. The van der Waals surface area contributed by atoms with Gasteiger partial charge in [-0.3, -0.25) is 4.90 Å². The van der Waals surface area contributed by atoms with Gasteiger partial charge in [0.05, 0.1) is 17.3 Å². The van der Waals surface area contributed by atoms with Gasteiger partial charge in [0.15, 0.2) is 0 Å². The van der Waals surface area contributed by atoms with Gasteiger partial charge in [-0.15, -0.1) is 11.3 Å². The molecule has 4 rings (SSSR count). The molecule has 5 heteroatoms. The van der Waals surface area contributed by atoms with Crippen LogP contribution in [0.1, 0.15) is 49.2 Å². The molecule has 1 aromatic rings. The first-order chi connectivity index (χ1) is 12.7. The molecule has 0 radical (unpaired) electrons. The van der Waals surface area contributed by atoms with Gasteiger partial charge in [0.25, 0.3) is 0 Å². The summed E-state index contributed by atoms with van der Waals surface area (Å²) in [7, 11) is 1.87. The quantitative estimate of drug-likeness (QED) is 0.754. The fourth-order valence-corrected chi connectivity index (χ4v) is 6.31. The first-order valence-electron chi connectivity index (χ1n) is 10.5. The highest BCUT2D eigenvalue weighted by Crippen LogP contribution is 2.45. The normalized spacial score (nSPS) is 27.7. The third kappa shape index (κ3) is 4.16. The Hall–Kier alpha value is -0.490. The summed E-state index contributed by atoms with van der Waals surface area (Å²) < 4.78 is 5.64. The zero-order chi connectivity index (χ0) is 18.0. The number of nitrogens with zero attached hydrogens (tertiary/aromatic N) is 3. The maximum absolute atomic E-state index is 5.64. The van der Waals surface area contributed by atoms with E-state index in [1.807, 2.05) is 7.11 Å². The summed E-state index contributed by atoms with van der Waals surface area (Å²) in [5.41, 5.74) is 1.71. The third-order valence-corrected chi connectivity index (χ3v) is 7.97. The molecule has 26 heavy (non-hydrogen) atoms. The number of thiazole rings is 1. The first kappa shape index (κ1) is 18.9. The van der Waals surface area contributed by atoms with Gasteiger partial charge in [0.2, 0.25) is 0 Å². The van der Waals surface area contributed by atoms with Crippen molar-refractivity contribution >= 4 is 11.3 Å². The van der Waals surface area contributed by atoms with Crippen LogP contribution < -0.4 is 0 Å². The number of rotatable bonds is 6. The summed E-state index contributed by atoms with van der Waals surface area (Å²) in [6, 6.07) is 0. The standard InChI is InChI=1S/C21H35N3OS/c1-17-22-20(15-26-17)13-24-12-19(14-25-2)21(16-24)7-9-23(10-8-21)11-18-5-3-4-6-18/h15,18-19H,3-14,16H2,1-2H3/t19-/m1/s1. The Balaban J connectivity index is 1.35. The van der Waals surface area contributed by atoms with Gasteiger partial charge in [0, 0.05) is 44.6 Å². The van der Waals surface area contributed by atoms with E-state index < -0.39 is 0 Å². The van der Waals surface area contributed by atoms with Crippen LogP contribution in [0.15, 0.2) is 5.38 Å². The number of piperidine rings is 1. The van der Waals surface area contributed by atoms with E-state index in [1.165, 1.54) is 82.0 Å². The lowest BCUT2D eigenvalue weighted by Gasteiger charge is -2.43. The van der Waals surface area contributed by atoms with Gasteiger partial charge in [-0.25, -0.2) is 4.98 Å². The number of likely N-dealkylation sites (tertiary alicyclic amines) is 2. The van der Waals surface area contributed by atoms with E-state index in [2.05, 4.69) is 27.1 Å². The molecule has 3 heterocycles. The number of aromatic nitrogens is 1. The summed E-state index contributed by atoms with van der Waals surface area (Å²) in [5.74, 6) is 1.66. The Morgan fingerprint density at radius 2 is 2.00 bits per heavy atom. The van der Waals surface area contributed by atoms with Crippen molar-refractivity contribution in [3.8, 4) is 0 Å². The predicted molar refractivity (Wildman–Crippen MR) is 108 cm³/mol. The molecule has 3 aliphatic rings. The SMILES string of the molecule is COC[C@H]1CN(Cc2csc(C)n2)CC12CCN(CC1CCCC1)CC2. The van der Waals surface area contributed by atoms with Gasteiger partial charge in [0.1, 0.15) is 0 Å². The zero-order valence-electron chi connectivity index (χ0n) is 16.6. The van der Waals surface area contributed by atoms with E-state index in [4.69, 9.17) is 4.74 Å². The van der Waals surface area contributed by atoms with Crippen LogP contribution in [0.2, 0.25) is 0 Å². The van der Waals surface area contributed by atoms with Crippen molar-refractivity contribution in [2.24, 2.45) is 17.3 Å². The Bertz CT molecular complexity index is 576. The second-order valence-corrected chi connectivity index (χ2v) is 10.1. The Labute approximate surface area is 162 Å². The van der Waals surface area contributed by atoms with Crippen molar-refractivity contribution in [3.63, 3.8) is 0 Å². The minimum atomic E-state index is 0.466. The number of methoxy groups -OCH3 is 1. The van der Waals surface area contributed by atoms with Gasteiger partial charge in [-0.05, 0) is 57.0 Å². The van der Waals surface area contributed by atoms with E-state index in [0.717, 1.165) is 19.1 Å². The van der Waals surface area contributed by atoms with Crippen LogP contribution in [0.5, 0.6) is 0 Å². The van der Waals surface area contributed by atoms with Gasteiger partial charge >= 0.3 is 0 Å². The Kier molecular flexibility index (Phi) is 5.99. The lowest BCUT2D eigenvalue weighted by molar-refractivity contribution is 0.0330. The van der Waals surface area contributed by atoms with E-state index in [-0.39, 0.29) is 0 Å². The summed E-state index contributed by atoms with van der Waals surface area (Å²) in [4.78, 5) is 10.1. The van der Waals surface area contributed by atoms with E-state index in [9.17, 15) is 0 Å². The summed E-state index contributed by atoms with van der Waals surface area (Å²) in [6.07, 6.45) is 8.55. The van der Waals surface area contributed by atoms with Crippen LogP contribution in [0.4, 0.5) is 0 Å². The Morgan fingerprint density at radius 1 is 1.23 bits per heavy atom. The third-order valence-electron chi connectivity index (χ3n) is 7.15. The molecule has 1 atom stereocenters. The van der Waals surface area contributed by atoms with E-state index in [0.29, 0.717) is 11.3 Å². The largest absolute Gasteiger partial charge is 0.384 e. The van der Waals surface area contributed by atoms with Gasteiger partial charge in [-0.2, -0.15) is 0 Å². The Morgan fingerprint density at radius 3 is 2.65 bits per heavy atom. The molecule has 0 bridgehead atoms. The first-order valence-corrected chi connectivity index (χ1v) is 11.4. The molecule has 4 nitrogen and oxygen atoms in total. The maximum Gasteiger partial charge on any atom is 0.0897 e. The second kappa shape index (κ2) is 8.26. The van der Waals surface area contributed by atoms with Crippen LogP contribution in [0.25, 0.3) is 0 Å². The number of hydrogen-bond acceptors (Lipinski definition) is 5. The molecule has 2 aliphatic heterocycles. The molecule has 0 unspecified atom stereocenters. The lowest BCUT2D eigenvalue weighted by atomic mass is 9.71. The molecule has 0 N–H and O–H groups in total. The van der Waals surface area contributed by atoms with Crippen LogP contribution in [0, 0.1) is 24.2 Å². The topological polar surface area (TPSA) is 28.6 Å². The van der Waals surface area contributed by atoms with Crippen LogP contribution in [-0.2, 0) is 11.3 Å². The lowest BCUT2D eigenvalue weighted by Crippen LogP contribution is -2.46. The monoisotopic (exact) mass is 377 g/mol. The predicted octanol–water partition coefficient (Wildman–Crippen LogP) is 3.80. The number of ether oxygens (including phenoxy) is 1. The van der Waals surface area contributed by atoms with Crippen molar-refractivity contribution in [1.29, 1.82) is 0 Å². The maximum atomic E-state index is 5.64. The van der Waals surface area contributed by atoms with Crippen molar-refractivity contribution in [2.45, 2.75) is 52.0 Å². The minimum Gasteiger partial charge on any atom is -0.384 e. The molecule has 2 saturated heterocycles. The molecule has 1 aliphatic carbocycles. The zero-order valence-corrected chi connectivity index (χ0v) is 17.4. The fraction of sp³-hybridized carbons (Fsp3) is 0.857. The summed E-state index contributed by atoms with van der Waals surface area (Å²) in [5, 5.41) is 3.41. The van der Waals surface area contributed by atoms with Crippen molar-refractivity contribution in [1.82, 2.24) is 14.8 Å². The summed E-state index contributed by atoms with van der Waals surface area (Å²) in [6.45, 7) is 10.4. The molecule has 0 aromatic carbocycles.